The Bertz CT molecular complexity index is 277. The molecule has 0 spiro atoms. The van der Waals surface area contributed by atoms with Gasteiger partial charge in [0.2, 0.25) is 0 Å². The third-order valence-corrected chi connectivity index (χ3v) is 2.21. The van der Waals surface area contributed by atoms with E-state index in [1.807, 2.05) is 20.8 Å². The first-order chi connectivity index (χ1) is 7.86. The molecule has 98 valence electrons. The molecule has 0 aliphatic rings. The van der Waals surface area contributed by atoms with Crippen molar-refractivity contribution in [3.05, 3.63) is 12.7 Å². The number of hydrogen-bond acceptors (Lipinski definition) is 2. The number of carbonyl (C=O) groups excluding carboxylic acids is 1. The Labute approximate surface area is 102 Å². The topological polar surface area (TPSA) is 78.4 Å². The highest BCUT2D eigenvalue weighted by Crippen LogP contribution is 2.04. The molecule has 0 saturated carbocycles. The zero-order valence-corrected chi connectivity index (χ0v) is 10.7. The van der Waals surface area contributed by atoms with Gasteiger partial charge in [-0.25, -0.2) is 9.59 Å². The molecule has 5 heteroatoms. The summed E-state index contributed by atoms with van der Waals surface area (Å²) in [6, 6.07) is -1.35. The molecule has 0 heterocycles. The SMILES string of the molecule is C=CCC(C)NC(=O)N[C@@H](CC(C)C)C(=O)O. The van der Waals surface area contributed by atoms with Crippen molar-refractivity contribution in [1.29, 1.82) is 0 Å². The largest absolute Gasteiger partial charge is 0.480 e. The molecule has 0 aromatic heterocycles. The maximum absolute atomic E-state index is 11.5. The summed E-state index contributed by atoms with van der Waals surface area (Å²) in [5.41, 5.74) is 0. The van der Waals surface area contributed by atoms with Crippen LogP contribution in [0.15, 0.2) is 12.7 Å². The van der Waals surface area contributed by atoms with E-state index in [0.717, 1.165) is 0 Å². The Morgan fingerprint density at radius 2 is 1.88 bits per heavy atom. The predicted octanol–water partition coefficient (Wildman–Crippen LogP) is 1.75. The van der Waals surface area contributed by atoms with Crippen LogP contribution in [0.5, 0.6) is 0 Å². The third-order valence-electron chi connectivity index (χ3n) is 2.21. The third kappa shape index (κ3) is 7.38. The molecule has 0 aromatic rings. The van der Waals surface area contributed by atoms with Crippen LogP contribution in [0.1, 0.15) is 33.6 Å². The molecule has 0 aromatic carbocycles. The zero-order valence-electron chi connectivity index (χ0n) is 10.7. The van der Waals surface area contributed by atoms with Gasteiger partial charge in [-0.1, -0.05) is 19.9 Å². The number of carboxylic acids is 1. The van der Waals surface area contributed by atoms with Gasteiger partial charge in [-0.05, 0) is 25.7 Å². The van der Waals surface area contributed by atoms with Crippen molar-refractivity contribution in [2.24, 2.45) is 5.92 Å². The molecule has 17 heavy (non-hydrogen) atoms. The molecule has 3 N–H and O–H groups in total. The van der Waals surface area contributed by atoms with Gasteiger partial charge in [0.15, 0.2) is 0 Å². The summed E-state index contributed by atoms with van der Waals surface area (Å²) in [6.45, 7) is 9.23. The number of hydrogen-bond donors (Lipinski definition) is 3. The zero-order chi connectivity index (χ0) is 13.4. The van der Waals surface area contributed by atoms with Gasteiger partial charge in [-0.2, -0.15) is 0 Å². The maximum atomic E-state index is 11.5. The van der Waals surface area contributed by atoms with E-state index < -0.39 is 18.0 Å². The number of aliphatic carboxylic acids is 1. The second kappa shape index (κ2) is 7.70. The van der Waals surface area contributed by atoms with Crippen LogP contribution in [-0.4, -0.2) is 29.2 Å². The van der Waals surface area contributed by atoms with E-state index in [1.165, 1.54) is 0 Å². The first-order valence-electron chi connectivity index (χ1n) is 5.77. The minimum Gasteiger partial charge on any atom is -0.480 e. The summed E-state index contributed by atoms with van der Waals surface area (Å²) >= 11 is 0. The highest BCUT2D eigenvalue weighted by Gasteiger charge is 2.21. The van der Waals surface area contributed by atoms with E-state index >= 15 is 0 Å². The Kier molecular flexibility index (Phi) is 7.02. The van der Waals surface area contributed by atoms with Crippen molar-refractivity contribution >= 4 is 12.0 Å². The fourth-order valence-corrected chi connectivity index (χ4v) is 1.43. The number of urea groups is 1. The maximum Gasteiger partial charge on any atom is 0.326 e. The van der Waals surface area contributed by atoms with Crippen molar-refractivity contribution in [2.45, 2.75) is 45.7 Å². The van der Waals surface area contributed by atoms with Crippen LogP contribution >= 0.6 is 0 Å². The Morgan fingerprint density at radius 3 is 2.29 bits per heavy atom. The summed E-state index contributed by atoms with van der Waals surface area (Å²) < 4.78 is 0. The van der Waals surface area contributed by atoms with Gasteiger partial charge in [0.05, 0.1) is 0 Å². The highest BCUT2D eigenvalue weighted by atomic mass is 16.4. The minimum absolute atomic E-state index is 0.0546. The van der Waals surface area contributed by atoms with E-state index in [-0.39, 0.29) is 12.0 Å². The van der Waals surface area contributed by atoms with Crippen molar-refractivity contribution in [3.63, 3.8) is 0 Å². The highest BCUT2D eigenvalue weighted by molar-refractivity contribution is 5.82. The fourth-order valence-electron chi connectivity index (χ4n) is 1.43. The van der Waals surface area contributed by atoms with Crippen LogP contribution < -0.4 is 10.6 Å². The first kappa shape index (κ1) is 15.5. The van der Waals surface area contributed by atoms with Crippen LogP contribution in [-0.2, 0) is 4.79 Å². The van der Waals surface area contributed by atoms with Gasteiger partial charge in [-0.15, -0.1) is 6.58 Å². The minimum atomic E-state index is -1.01. The molecule has 0 radical (unpaired) electrons. The summed E-state index contributed by atoms with van der Waals surface area (Å²) in [4.78, 5) is 22.4. The standard InChI is InChI=1S/C12H22N2O3/c1-5-6-9(4)13-12(17)14-10(11(15)16)7-8(2)3/h5,8-10H,1,6-7H2,2-4H3,(H,15,16)(H2,13,14,17)/t9?,10-/m0/s1. The van der Waals surface area contributed by atoms with Gasteiger partial charge in [-0.3, -0.25) is 0 Å². The van der Waals surface area contributed by atoms with Crippen LogP contribution in [0, 0.1) is 5.92 Å². The monoisotopic (exact) mass is 242 g/mol. The lowest BCUT2D eigenvalue weighted by atomic mass is 10.0. The summed E-state index contributed by atoms with van der Waals surface area (Å²) in [6.07, 6.45) is 2.77. The van der Waals surface area contributed by atoms with Crippen LogP contribution in [0.25, 0.3) is 0 Å². The van der Waals surface area contributed by atoms with E-state index in [4.69, 9.17) is 5.11 Å². The average Bonchev–Trinajstić information content (AvgIpc) is 2.15. The number of carbonyl (C=O) groups is 2. The summed E-state index contributed by atoms with van der Waals surface area (Å²) in [7, 11) is 0. The normalized spacial score (nSPS) is 13.9. The van der Waals surface area contributed by atoms with E-state index in [1.54, 1.807) is 6.08 Å². The van der Waals surface area contributed by atoms with E-state index in [2.05, 4.69) is 17.2 Å². The number of rotatable bonds is 7. The fraction of sp³-hybridized carbons (Fsp3) is 0.667. The quantitative estimate of drug-likeness (QED) is 0.595. The van der Waals surface area contributed by atoms with Crippen LogP contribution in [0.3, 0.4) is 0 Å². The van der Waals surface area contributed by atoms with Gasteiger partial charge in [0.1, 0.15) is 6.04 Å². The van der Waals surface area contributed by atoms with Crippen molar-refractivity contribution in [2.75, 3.05) is 0 Å². The number of amides is 2. The number of carboxylic acid groups (broad SMARTS) is 1. The second-order valence-electron chi connectivity index (χ2n) is 4.56. The van der Waals surface area contributed by atoms with Crippen LogP contribution in [0.4, 0.5) is 4.79 Å². The molecule has 1 unspecified atom stereocenters. The van der Waals surface area contributed by atoms with Gasteiger partial charge < -0.3 is 15.7 Å². The Hall–Kier alpha value is -1.52. The van der Waals surface area contributed by atoms with Gasteiger partial charge in [0.25, 0.3) is 0 Å². The predicted molar refractivity (Wildman–Crippen MR) is 66.8 cm³/mol. The number of nitrogens with one attached hydrogen (secondary N) is 2. The summed E-state index contributed by atoms with van der Waals surface area (Å²) in [5.74, 6) is -0.799. The van der Waals surface area contributed by atoms with Crippen molar-refractivity contribution in [1.82, 2.24) is 10.6 Å². The molecule has 2 atom stereocenters. The molecule has 0 rings (SSSR count). The lowest BCUT2D eigenvalue weighted by Crippen LogP contribution is -2.48. The Balaban J connectivity index is 4.21. The molecule has 2 amide bonds. The Morgan fingerprint density at radius 1 is 1.29 bits per heavy atom. The van der Waals surface area contributed by atoms with Crippen LogP contribution in [0.2, 0.25) is 0 Å². The van der Waals surface area contributed by atoms with Crippen molar-refractivity contribution < 1.29 is 14.7 Å². The van der Waals surface area contributed by atoms with E-state index in [0.29, 0.717) is 12.8 Å². The second-order valence-corrected chi connectivity index (χ2v) is 4.56. The average molecular weight is 242 g/mol. The lowest BCUT2D eigenvalue weighted by Gasteiger charge is -2.18. The molecule has 0 bridgehead atoms. The molecular weight excluding hydrogens is 220 g/mol. The van der Waals surface area contributed by atoms with E-state index in [9.17, 15) is 9.59 Å². The lowest BCUT2D eigenvalue weighted by molar-refractivity contribution is -0.139. The first-order valence-corrected chi connectivity index (χ1v) is 5.77. The van der Waals surface area contributed by atoms with Gasteiger partial charge in [0, 0.05) is 6.04 Å². The molecule has 0 aliphatic carbocycles. The van der Waals surface area contributed by atoms with Gasteiger partial charge >= 0.3 is 12.0 Å². The summed E-state index contributed by atoms with van der Waals surface area (Å²) in [5, 5.41) is 14.1. The molecule has 0 saturated heterocycles. The van der Waals surface area contributed by atoms with Crippen molar-refractivity contribution in [3.8, 4) is 0 Å². The smallest absolute Gasteiger partial charge is 0.326 e. The molecular formula is C12H22N2O3. The molecule has 0 aliphatic heterocycles. The molecule has 5 nitrogen and oxygen atoms in total. The molecule has 0 fully saturated rings.